The van der Waals surface area contributed by atoms with Crippen LogP contribution in [0.4, 0.5) is 0 Å². The highest BCUT2D eigenvalue weighted by Crippen LogP contribution is 2.25. The Kier molecular flexibility index (Phi) is 4.55. The lowest BCUT2D eigenvalue weighted by Gasteiger charge is -2.29. The quantitative estimate of drug-likeness (QED) is 0.801. The molecule has 0 spiro atoms. The fourth-order valence-electron chi connectivity index (χ4n) is 2.35. The number of hydrogen-bond acceptors (Lipinski definition) is 3. The second-order valence-corrected chi connectivity index (χ2v) is 6.59. The van der Waals surface area contributed by atoms with Gasteiger partial charge in [-0.25, -0.2) is 0 Å². The summed E-state index contributed by atoms with van der Waals surface area (Å²) in [5.41, 5.74) is 0.00723. The largest absolute Gasteiger partial charge is 0.391 e. The average Bonchev–Trinajstić information content (AvgIpc) is 2.42. The second kappa shape index (κ2) is 5.36. The molecule has 4 nitrogen and oxygen atoms in total. The Morgan fingerprint density at radius 3 is 2.47 bits per heavy atom. The number of hydrogen-bond donors (Lipinski definition) is 1. The van der Waals surface area contributed by atoms with Gasteiger partial charge in [-0.15, -0.1) is 0 Å². The topological polar surface area (TPSA) is 43.8 Å². The van der Waals surface area contributed by atoms with Crippen LogP contribution < -0.4 is 0 Å². The van der Waals surface area contributed by atoms with E-state index in [0.29, 0.717) is 19.4 Å². The van der Waals surface area contributed by atoms with Crippen molar-refractivity contribution in [2.75, 3.05) is 27.2 Å². The smallest absolute Gasteiger partial charge is 0.223 e. The molecule has 0 aromatic rings. The zero-order chi connectivity index (χ0) is 13.2. The molecule has 100 valence electrons. The average molecular weight is 242 g/mol. The highest BCUT2D eigenvalue weighted by molar-refractivity contribution is 5.77. The number of amides is 1. The van der Waals surface area contributed by atoms with Gasteiger partial charge in [0.25, 0.3) is 0 Å². The van der Waals surface area contributed by atoms with Gasteiger partial charge in [0.1, 0.15) is 0 Å². The lowest BCUT2D eigenvalue weighted by atomic mass is 9.91. The number of carbonyl (C=O) groups is 1. The molecule has 17 heavy (non-hydrogen) atoms. The second-order valence-electron chi connectivity index (χ2n) is 6.59. The summed E-state index contributed by atoms with van der Waals surface area (Å²) in [5.74, 6) is 0.168. The predicted octanol–water partition coefficient (Wildman–Crippen LogP) is 0.946. The lowest BCUT2D eigenvalue weighted by molar-refractivity contribution is -0.134. The number of rotatable bonds is 3. The summed E-state index contributed by atoms with van der Waals surface area (Å²) >= 11 is 0. The molecule has 2 atom stereocenters. The molecule has 1 N–H and O–H groups in total. The number of β-amino-alcohol motifs (C(OH)–C–C–N with tert-alkyl or cyclic N) is 1. The minimum absolute atomic E-state index is 0.00723. The molecule has 1 saturated heterocycles. The highest BCUT2D eigenvalue weighted by atomic mass is 16.3. The van der Waals surface area contributed by atoms with Gasteiger partial charge in [0.15, 0.2) is 0 Å². The molecular weight excluding hydrogens is 216 g/mol. The number of carbonyl (C=O) groups excluding carboxylic acids is 1. The standard InChI is InChI=1S/C13H26N2O2/c1-13(2,3)7-12(17)15-9-11(16)6-10(15)8-14(4)5/h10-11,16H,6-9H2,1-5H3. The summed E-state index contributed by atoms with van der Waals surface area (Å²) < 4.78 is 0. The van der Waals surface area contributed by atoms with Crippen LogP contribution in [0.1, 0.15) is 33.6 Å². The third-order valence-electron chi connectivity index (χ3n) is 2.97. The van der Waals surface area contributed by atoms with Crippen molar-refractivity contribution in [1.29, 1.82) is 0 Å². The van der Waals surface area contributed by atoms with Crippen molar-refractivity contribution in [2.24, 2.45) is 5.41 Å². The first-order chi connectivity index (χ1) is 7.69. The SMILES string of the molecule is CN(C)CC1CC(O)CN1C(=O)CC(C)(C)C. The Hall–Kier alpha value is -0.610. The van der Waals surface area contributed by atoms with Gasteiger partial charge in [0.2, 0.25) is 5.91 Å². The fourth-order valence-corrected chi connectivity index (χ4v) is 2.35. The Morgan fingerprint density at radius 1 is 1.41 bits per heavy atom. The molecule has 0 aliphatic carbocycles. The van der Waals surface area contributed by atoms with E-state index in [9.17, 15) is 9.90 Å². The zero-order valence-electron chi connectivity index (χ0n) is 11.7. The van der Waals surface area contributed by atoms with E-state index >= 15 is 0 Å². The Labute approximate surface area is 105 Å². The molecule has 0 aromatic carbocycles. The van der Waals surface area contributed by atoms with Gasteiger partial charge >= 0.3 is 0 Å². The van der Waals surface area contributed by atoms with Crippen LogP contribution >= 0.6 is 0 Å². The highest BCUT2D eigenvalue weighted by Gasteiger charge is 2.35. The van der Waals surface area contributed by atoms with Crippen LogP contribution in [0.15, 0.2) is 0 Å². The number of aliphatic hydroxyl groups is 1. The molecule has 1 aliphatic rings. The summed E-state index contributed by atoms with van der Waals surface area (Å²) in [6, 6.07) is 0.162. The number of likely N-dealkylation sites (N-methyl/N-ethyl adjacent to an activating group) is 1. The van der Waals surface area contributed by atoms with Crippen molar-refractivity contribution < 1.29 is 9.90 Å². The van der Waals surface area contributed by atoms with Crippen molar-refractivity contribution >= 4 is 5.91 Å². The molecule has 1 amide bonds. The van der Waals surface area contributed by atoms with Gasteiger partial charge in [0.05, 0.1) is 6.10 Å². The maximum atomic E-state index is 12.2. The summed E-state index contributed by atoms with van der Waals surface area (Å²) in [6.45, 7) is 7.52. The van der Waals surface area contributed by atoms with Crippen LogP contribution in [0.25, 0.3) is 0 Å². The number of likely N-dealkylation sites (tertiary alicyclic amines) is 1. The zero-order valence-corrected chi connectivity index (χ0v) is 11.7. The van der Waals surface area contributed by atoms with Crippen LogP contribution in [-0.2, 0) is 4.79 Å². The molecule has 1 aliphatic heterocycles. The predicted molar refractivity (Wildman–Crippen MR) is 68.8 cm³/mol. The van der Waals surface area contributed by atoms with E-state index in [0.717, 1.165) is 6.54 Å². The Bertz CT molecular complexity index is 271. The minimum Gasteiger partial charge on any atom is -0.391 e. The van der Waals surface area contributed by atoms with Crippen molar-refractivity contribution in [3.8, 4) is 0 Å². The molecule has 1 fully saturated rings. The maximum absolute atomic E-state index is 12.2. The van der Waals surface area contributed by atoms with E-state index in [1.165, 1.54) is 0 Å². The molecule has 4 heteroatoms. The molecule has 2 unspecified atom stereocenters. The van der Waals surface area contributed by atoms with Crippen molar-refractivity contribution in [1.82, 2.24) is 9.80 Å². The van der Waals surface area contributed by atoms with Gasteiger partial charge in [-0.2, -0.15) is 0 Å². The third-order valence-corrected chi connectivity index (χ3v) is 2.97. The van der Waals surface area contributed by atoms with Crippen LogP contribution in [-0.4, -0.2) is 60.1 Å². The van der Waals surface area contributed by atoms with E-state index in [4.69, 9.17) is 0 Å². The Morgan fingerprint density at radius 2 is 2.00 bits per heavy atom. The molecular formula is C13H26N2O2. The number of nitrogens with zero attached hydrogens (tertiary/aromatic N) is 2. The minimum atomic E-state index is -0.358. The van der Waals surface area contributed by atoms with Crippen LogP contribution in [0, 0.1) is 5.41 Å². The van der Waals surface area contributed by atoms with E-state index in [2.05, 4.69) is 25.7 Å². The van der Waals surface area contributed by atoms with E-state index < -0.39 is 0 Å². The summed E-state index contributed by atoms with van der Waals surface area (Å²) in [4.78, 5) is 16.1. The van der Waals surface area contributed by atoms with Crippen molar-refractivity contribution in [2.45, 2.75) is 45.8 Å². The molecule has 0 saturated carbocycles. The maximum Gasteiger partial charge on any atom is 0.223 e. The molecule has 0 bridgehead atoms. The van der Waals surface area contributed by atoms with E-state index in [1.54, 1.807) is 0 Å². The van der Waals surface area contributed by atoms with Crippen LogP contribution in [0.5, 0.6) is 0 Å². The third kappa shape index (κ3) is 4.64. The monoisotopic (exact) mass is 242 g/mol. The van der Waals surface area contributed by atoms with Gasteiger partial charge < -0.3 is 14.9 Å². The van der Waals surface area contributed by atoms with Gasteiger partial charge in [0, 0.05) is 25.6 Å². The summed E-state index contributed by atoms with van der Waals surface area (Å²) in [6.07, 6.45) is 0.890. The molecule has 1 heterocycles. The van der Waals surface area contributed by atoms with Gasteiger partial charge in [-0.3, -0.25) is 4.79 Å². The first kappa shape index (κ1) is 14.5. The fraction of sp³-hybridized carbons (Fsp3) is 0.923. The molecule has 0 radical (unpaired) electrons. The summed E-state index contributed by atoms with van der Waals surface area (Å²) in [5, 5.41) is 9.72. The first-order valence-electron chi connectivity index (χ1n) is 6.31. The number of aliphatic hydroxyl groups excluding tert-OH is 1. The normalized spacial score (nSPS) is 25.7. The Balaban J connectivity index is 2.63. The summed E-state index contributed by atoms with van der Waals surface area (Å²) in [7, 11) is 3.99. The first-order valence-corrected chi connectivity index (χ1v) is 6.31. The van der Waals surface area contributed by atoms with E-state index in [1.807, 2.05) is 19.0 Å². The van der Waals surface area contributed by atoms with Crippen molar-refractivity contribution in [3.63, 3.8) is 0 Å². The van der Waals surface area contributed by atoms with Crippen molar-refractivity contribution in [3.05, 3.63) is 0 Å². The van der Waals surface area contributed by atoms with Gasteiger partial charge in [-0.05, 0) is 25.9 Å². The van der Waals surface area contributed by atoms with E-state index in [-0.39, 0.29) is 23.5 Å². The van der Waals surface area contributed by atoms with Gasteiger partial charge in [-0.1, -0.05) is 20.8 Å². The lowest BCUT2D eigenvalue weighted by Crippen LogP contribution is -2.42. The molecule has 0 aromatic heterocycles. The molecule has 1 rings (SSSR count). The van der Waals surface area contributed by atoms with Crippen LogP contribution in [0.2, 0.25) is 0 Å². The van der Waals surface area contributed by atoms with Crippen LogP contribution in [0.3, 0.4) is 0 Å².